The minimum Gasteiger partial charge on any atom is -0.356 e. The summed E-state index contributed by atoms with van der Waals surface area (Å²) in [4.78, 5) is 14.0. The van der Waals surface area contributed by atoms with E-state index in [4.69, 9.17) is 0 Å². The van der Waals surface area contributed by atoms with E-state index in [-0.39, 0.29) is 11.7 Å². The van der Waals surface area contributed by atoms with Gasteiger partial charge in [-0.2, -0.15) is 0 Å². The summed E-state index contributed by atoms with van der Waals surface area (Å²) in [6.45, 7) is 4.04. The van der Waals surface area contributed by atoms with Crippen molar-refractivity contribution in [2.24, 2.45) is 0 Å². The lowest BCUT2D eigenvalue weighted by Gasteiger charge is -2.00. The minimum atomic E-state index is -0.315. The van der Waals surface area contributed by atoms with Gasteiger partial charge in [-0.3, -0.25) is 4.79 Å². The molecule has 2 nitrogen and oxygen atoms in total. The average Bonchev–Trinajstić information content (AvgIpc) is 2.73. The number of nitrogens with one attached hydrogen (secondary N) is 1. The molecule has 0 atom stereocenters. The summed E-state index contributed by atoms with van der Waals surface area (Å²) in [6.07, 6.45) is 0.730. The smallest absolute Gasteiger partial charge is 0.166 e. The number of aromatic nitrogens is 1. The average molecular weight is 231 g/mol. The molecule has 0 aliphatic heterocycles. The van der Waals surface area contributed by atoms with Crippen LogP contribution in [0.5, 0.6) is 0 Å². The topological polar surface area (TPSA) is 32.9 Å². The zero-order valence-electron chi connectivity index (χ0n) is 9.83. The third-order valence-corrected chi connectivity index (χ3v) is 2.77. The zero-order chi connectivity index (χ0) is 12.4. The molecule has 0 bridgehead atoms. The third kappa shape index (κ3) is 2.13. The van der Waals surface area contributed by atoms with Crippen molar-refractivity contribution >= 4 is 6.29 Å². The molecular formula is C14H14FNO. The van der Waals surface area contributed by atoms with Crippen LogP contribution in [-0.4, -0.2) is 11.3 Å². The molecule has 2 rings (SSSR count). The van der Waals surface area contributed by atoms with Gasteiger partial charge in [-0.1, -0.05) is 32.0 Å². The van der Waals surface area contributed by atoms with Gasteiger partial charge in [-0.05, 0) is 18.1 Å². The van der Waals surface area contributed by atoms with Crippen LogP contribution >= 0.6 is 0 Å². The standard InChI is InChI=1S/C14H14FNO/c1-9(2)13-7-11(14(8-17)16-13)10-5-3-4-6-12(10)15/h3-9,16H,1-2H3. The molecule has 1 N–H and O–H groups in total. The van der Waals surface area contributed by atoms with Crippen molar-refractivity contribution < 1.29 is 9.18 Å². The fourth-order valence-electron chi connectivity index (χ4n) is 1.80. The van der Waals surface area contributed by atoms with Gasteiger partial charge < -0.3 is 4.98 Å². The number of aldehydes is 1. The fourth-order valence-corrected chi connectivity index (χ4v) is 1.80. The summed E-state index contributed by atoms with van der Waals surface area (Å²) >= 11 is 0. The van der Waals surface area contributed by atoms with Crippen LogP contribution in [0.4, 0.5) is 4.39 Å². The summed E-state index contributed by atoms with van der Waals surface area (Å²) in [5.74, 6) is -0.0425. The van der Waals surface area contributed by atoms with Gasteiger partial charge in [0.05, 0.1) is 5.69 Å². The molecular weight excluding hydrogens is 217 g/mol. The maximum Gasteiger partial charge on any atom is 0.166 e. The predicted molar refractivity (Wildman–Crippen MR) is 65.7 cm³/mol. The second-order valence-corrected chi connectivity index (χ2v) is 4.30. The molecule has 3 heteroatoms. The van der Waals surface area contributed by atoms with Gasteiger partial charge in [0.15, 0.2) is 6.29 Å². The Balaban J connectivity index is 2.59. The highest BCUT2D eigenvalue weighted by atomic mass is 19.1. The molecule has 17 heavy (non-hydrogen) atoms. The van der Waals surface area contributed by atoms with E-state index in [9.17, 15) is 9.18 Å². The lowest BCUT2D eigenvalue weighted by Crippen LogP contribution is -1.88. The molecule has 0 radical (unpaired) electrons. The van der Waals surface area contributed by atoms with Crippen LogP contribution in [0, 0.1) is 5.82 Å². The van der Waals surface area contributed by atoms with Gasteiger partial charge in [-0.15, -0.1) is 0 Å². The van der Waals surface area contributed by atoms with Gasteiger partial charge in [0, 0.05) is 16.8 Å². The highest BCUT2D eigenvalue weighted by Gasteiger charge is 2.14. The van der Waals surface area contributed by atoms with E-state index >= 15 is 0 Å². The maximum absolute atomic E-state index is 13.7. The Labute approximate surface area is 99.5 Å². The van der Waals surface area contributed by atoms with E-state index in [1.807, 2.05) is 19.9 Å². The van der Waals surface area contributed by atoms with E-state index in [1.54, 1.807) is 18.2 Å². The number of H-pyrrole nitrogens is 1. The van der Waals surface area contributed by atoms with Crippen LogP contribution in [0.3, 0.4) is 0 Å². The molecule has 1 heterocycles. The van der Waals surface area contributed by atoms with Crippen molar-refractivity contribution in [3.63, 3.8) is 0 Å². The van der Waals surface area contributed by atoms with E-state index in [0.29, 0.717) is 16.8 Å². The Hall–Kier alpha value is -1.90. The SMILES string of the molecule is CC(C)c1cc(-c2ccccc2F)c(C=O)[nH]1. The summed E-state index contributed by atoms with van der Waals surface area (Å²) in [5.41, 5.74) is 2.45. The third-order valence-electron chi connectivity index (χ3n) is 2.77. The Bertz CT molecular complexity index is 543. The second-order valence-electron chi connectivity index (χ2n) is 4.30. The number of hydrogen-bond acceptors (Lipinski definition) is 1. The molecule has 0 spiro atoms. The zero-order valence-corrected chi connectivity index (χ0v) is 9.83. The van der Waals surface area contributed by atoms with Crippen LogP contribution < -0.4 is 0 Å². The molecule has 1 aromatic carbocycles. The monoisotopic (exact) mass is 231 g/mol. The molecule has 2 aromatic rings. The van der Waals surface area contributed by atoms with E-state index in [1.165, 1.54) is 6.07 Å². The first-order valence-electron chi connectivity index (χ1n) is 5.56. The number of carbonyl (C=O) groups excluding carboxylic acids is 1. The van der Waals surface area contributed by atoms with Crippen molar-refractivity contribution in [3.05, 3.63) is 47.5 Å². The lowest BCUT2D eigenvalue weighted by atomic mass is 10.0. The van der Waals surface area contributed by atoms with Crippen LogP contribution in [0.15, 0.2) is 30.3 Å². The second kappa shape index (κ2) is 4.53. The maximum atomic E-state index is 13.7. The highest BCUT2D eigenvalue weighted by molar-refractivity contribution is 5.86. The Kier molecular flexibility index (Phi) is 3.09. The minimum absolute atomic E-state index is 0.272. The summed E-state index contributed by atoms with van der Waals surface area (Å²) < 4.78 is 13.7. The Morgan fingerprint density at radius 2 is 1.94 bits per heavy atom. The molecule has 0 fully saturated rings. The molecule has 0 saturated heterocycles. The number of hydrogen-bond donors (Lipinski definition) is 1. The number of rotatable bonds is 3. The molecule has 0 unspecified atom stereocenters. The van der Waals surface area contributed by atoms with Crippen molar-refractivity contribution in [1.82, 2.24) is 4.98 Å². The van der Waals surface area contributed by atoms with Crippen LogP contribution in [0.1, 0.15) is 35.9 Å². The summed E-state index contributed by atoms with van der Waals surface area (Å²) in [6, 6.07) is 8.30. The first kappa shape index (κ1) is 11.6. The molecule has 1 aromatic heterocycles. The van der Waals surface area contributed by atoms with Gasteiger partial charge in [0.2, 0.25) is 0 Å². The van der Waals surface area contributed by atoms with Gasteiger partial charge in [0.1, 0.15) is 5.82 Å². The molecule has 88 valence electrons. The Morgan fingerprint density at radius 1 is 1.24 bits per heavy atom. The van der Waals surface area contributed by atoms with Gasteiger partial charge in [-0.25, -0.2) is 4.39 Å². The molecule has 0 aliphatic rings. The summed E-state index contributed by atoms with van der Waals surface area (Å²) in [7, 11) is 0. The number of benzene rings is 1. The Morgan fingerprint density at radius 3 is 2.53 bits per heavy atom. The van der Waals surface area contributed by atoms with Gasteiger partial charge >= 0.3 is 0 Å². The van der Waals surface area contributed by atoms with Gasteiger partial charge in [0.25, 0.3) is 0 Å². The van der Waals surface area contributed by atoms with E-state index in [2.05, 4.69) is 4.98 Å². The van der Waals surface area contributed by atoms with E-state index < -0.39 is 0 Å². The highest BCUT2D eigenvalue weighted by Crippen LogP contribution is 2.28. The number of carbonyl (C=O) groups is 1. The first-order valence-corrected chi connectivity index (χ1v) is 5.56. The number of aromatic amines is 1. The van der Waals surface area contributed by atoms with Crippen molar-refractivity contribution in [1.29, 1.82) is 0 Å². The van der Waals surface area contributed by atoms with Crippen LogP contribution in [0.2, 0.25) is 0 Å². The van der Waals surface area contributed by atoms with Crippen molar-refractivity contribution in [2.45, 2.75) is 19.8 Å². The van der Waals surface area contributed by atoms with Crippen LogP contribution in [-0.2, 0) is 0 Å². The van der Waals surface area contributed by atoms with Crippen molar-refractivity contribution in [2.75, 3.05) is 0 Å². The largest absolute Gasteiger partial charge is 0.356 e. The fraction of sp³-hybridized carbons (Fsp3) is 0.214. The van der Waals surface area contributed by atoms with Crippen molar-refractivity contribution in [3.8, 4) is 11.1 Å². The normalized spacial score (nSPS) is 10.8. The number of halogens is 1. The first-order chi connectivity index (χ1) is 8.13. The van der Waals surface area contributed by atoms with Crippen LogP contribution in [0.25, 0.3) is 11.1 Å². The lowest BCUT2D eigenvalue weighted by molar-refractivity contribution is 0.112. The quantitative estimate of drug-likeness (QED) is 0.801. The summed E-state index contributed by atoms with van der Waals surface area (Å²) in [5, 5.41) is 0. The molecule has 0 aliphatic carbocycles. The predicted octanol–water partition coefficient (Wildman–Crippen LogP) is 3.76. The van der Waals surface area contributed by atoms with E-state index in [0.717, 1.165) is 12.0 Å². The molecule has 0 amide bonds. The molecule has 0 saturated carbocycles.